The van der Waals surface area contributed by atoms with Crippen molar-refractivity contribution in [2.24, 2.45) is 13.0 Å². The summed E-state index contributed by atoms with van der Waals surface area (Å²) in [6, 6.07) is 8.52. The smallest absolute Gasteiger partial charge is 0.225 e. The van der Waals surface area contributed by atoms with E-state index < -0.39 is 0 Å². The van der Waals surface area contributed by atoms with E-state index in [1.807, 2.05) is 4.90 Å². The van der Waals surface area contributed by atoms with Crippen LogP contribution in [0.5, 0.6) is 0 Å². The highest BCUT2D eigenvalue weighted by molar-refractivity contribution is 5.93. The van der Waals surface area contributed by atoms with Crippen LogP contribution in [-0.2, 0) is 11.8 Å². The van der Waals surface area contributed by atoms with Gasteiger partial charge in [0.25, 0.3) is 0 Å². The lowest BCUT2D eigenvalue weighted by atomic mass is 9.96. The lowest BCUT2D eigenvalue weighted by Gasteiger charge is -2.29. The standard InChI is InChI=1S/C20H26N2O/c1-4-15(5-2)20(23)22-12-10-16(11-13-22)18-14-21(3)19-9-7-6-8-17(18)19/h6-10,14-15H,4-5,11-13H2,1-3H3. The minimum absolute atomic E-state index is 0.183. The van der Waals surface area contributed by atoms with Crippen molar-refractivity contribution in [2.45, 2.75) is 33.1 Å². The molecule has 0 aliphatic carbocycles. The van der Waals surface area contributed by atoms with Gasteiger partial charge in [-0.3, -0.25) is 4.79 Å². The summed E-state index contributed by atoms with van der Waals surface area (Å²) in [4.78, 5) is 14.5. The number of carbonyl (C=O) groups is 1. The van der Waals surface area contributed by atoms with E-state index in [9.17, 15) is 4.79 Å². The SMILES string of the molecule is CCC(CC)C(=O)N1CC=C(c2cn(C)c3ccccc23)CC1. The van der Waals surface area contributed by atoms with Crippen LogP contribution in [0, 0.1) is 5.92 Å². The summed E-state index contributed by atoms with van der Waals surface area (Å²) in [7, 11) is 2.10. The van der Waals surface area contributed by atoms with Crippen LogP contribution in [0.1, 0.15) is 38.7 Å². The summed E-state index contributed by atoms with van der Waals surface area (Å²) < 4.78 is 2.19. The molecule has 3 nitrogen and oxygen atoms in total. The number of hydrogen-bond acceptors (Lipinski definition) is 1. The molecule has 0 bridgehead atoms. The third kappa shape index (κ3) is 2.92. The van der Waals surface area contributed by atoms with Crippen molar-refractivity contribution in [1.82, 2.24) is 9.47 Å². The van der Waals surface area contributed by atoms with Crippen LogP contribution < -0.4 is 0 Å². The second-order valence-corrected chi connectivity index (χ2v) is 6.45. The Hall–Kier alpha value is -2.03. The van der Waals surface area contributed by atoms with Gasteiger partial charge < -0.3 is 9.47 Å². The zero-order chi connectivity index (χ0) is 16.4. The number of amides is 1. The number of benzene rings is 1. The molecule has 2 aromatic rings. The van der Waals surface area contributed by atoms with Crippen molar-refractivity contribution < 1.29 is 4.79 Å². The second kappa shape index (κ2) is 6.61. The van der Waals surface area contributed by atoms with Crippen molar-refractivity contribution >= 4 is 22.4 Å². The van der Waals surface area contributed by atoms with E-state index in [0.29, 0.717) is 5.91 Å². The molecule has 0 N–H and O–H groups in total. The molecule has 1 aromatic carbocycles. The minimum atomic E-state index is 0.183. The summed E-state index contributed by atoms with van der Waals surface area (Å²) in [6.07, 6.45) is 7.28. The lowest BCUT2D eigenvalue weighted by molar-refractivity contribution is -0.135. The van der Waals surface area contributed by atoms with Crippen molar-refractivity contribution in [3.05, 3.63) is 42.1 Å². The number of fused-ring (bicyclic) bond motifs is 1. The van der Waals surface area contributed by atoms with Crippen LogP contribution in [-0.4, -0.2) is 28.5 Å². The van der Waals surface area contributed by atoms with E-state index >= 15 is 0 Å². The summed E-state index contributed by atoms with van der Waals surface area (Å²) in [5, 5.41) is 1.31. The molecule has 0 fully saturated rings. The fourth-order valence-corrected chi connectivity index (χ4v) is 3.61. The third-order valence-corrected chi connectivity index (χ3v) is 5.10. The molecule has 3 rings (SSSR count). The minimum Gasteiger partial charge on any atom is -0.350 e. The quantitative estimate of drug-likeness (QED) is 0.829. The average Bonchev–Trinajstić information content (AvgIpc) is 2.93. The van der Waals surface area contributed by atoms with E-state index in [1.165, 1.54) is 22.0 Å². The van der Waals surface area contributed by atoms with E-state index in [-0.39, 0.29) is 5.92 Å². The van der Waals surface area contributed by atoms with Crippen LogP contribution in [0.15, 0.2) is 36.5 Å². The molecule has 122 valence electrons. The van der Waals surface area contributed by atoms with Crippen LogP contribution >= 0.6 is 0 Å². The van der Waals surface area contributed by atoms with E-state index in [2.05, 4.69) is 62.0 Å². The number of rotatable bonds is 4. The number of para-hydroxylation sites is 1. The average molecular weight is 310 g/mol. The molecular formula is C20H26N2O. The topological polar surface area (TPSA) is 25.2 Å². The fraction of sp³-hybridized carbons (Fsp3) is 0.450. The van der Waals surface area contributed by atoms with Gasteiger partial charge in [0, 0.05) is 48.7 Å². The highest BCUT2D eigenvalue weighted by atomic mass is 16.2. The Balaban J connectivity index is 1.82. The molecule has 0 saturated heterocycles. The molecule has 1 amide bonds. The Kier molecular flexibility index (Phi) is 4.56. The zero-order valence-electron chi connectivity index (χ0n) is 14.4. The highest BCUT2D eigenvalue weighted by Gasteiger charge is 2.24. The molecule has 1 aliphatic heterocycles. The van der Waals surface area contributed by atoms with Gasteiger partial charge in [0.2, 0.25) is 5.91 Å². The predicted octanol–water partition coefficient (Wildman–Crippen LogP) is 4.23. The highest BCUT2D eigenvalue weighted by Crippen LogP contribution is 2.31. The number of carbonyl (C=O) groups excluding carboxylic acids is 1. The van der Waals surface area contributed by atoms with Gasteiger partial charge in [-0.05, 0) is 30.9 Å². The van der Waals surface area contributed by atoms with Gasteiger partial charge in [0.05, 0.1) is 0 Å². The van der Waals surface area contributed by atoms with E-state index in [4.69, 9.17) is 0 Å². The van der Waals surface area contributed by atoms with Crippen LogP contribution in [0.25, 0.3) is 16.5 Å². The molecule has 2 heterocycles. The maximum Gasteiger partial charge on any atom is 0.225 e. The molecule has 0 spiro atoms. The molecule has 1 aromatic heterocycles. The van der Waals surface area contributed by atoms with Gasteiger partial charge in [0.15, 0.2) is 0 Å². The first-order valence-corrected chi connectivity index (χ1v) is 8.68. The van der Waals surface area contributed by atoms with Crippen molar-refractivity contribution in [2.75, 3.05) is 13.1 Å². The van der Waals surface area contributed by atoms with E-state index in [1.54, 1.807) is 0 Å². The van der Waals surface area contributed by atoms with Gasteiger partial charge in [-0.1, -0.05) is 38.1 Å². The Morgan fingerprint density at radius 3 is 2.61 bits per heavy atom. The molecule has 23 heavy (non-hydrogen) atoms. The number of hydrogen-bond donors (Lipinski definition) is 0. The maximum atomic E-state index is 12.5. The Bertz CT molecular complexity index is 737. The summed E-state index contributed by atoms with van der Waals surface area (Å²) in [5.41, 5.74) is 3.95. The Labute approximate surface area is 138 Å². The van der Waals surface area contributed by atoms with E-state index in [0.717, 1.165) is 32.4 Å². The zero-order valence-corrected chi connectivity index (χ0v) is 14.4. The maximum absolute atomic E-state index is 12.5. The van der Waals surface area contributed by atoms with Crippen LogP contribution in [0.3, 0.4) is 0 Å². The lowest BCUT2D eigenvalue weighted by Crippen LogP contribution is -2.38. The van der Waals surface area contributed by atoms with Gasteiger partial charge in [-0.2, -0.15) is 0 Å². The second-order valence-electron chi connectivity index (χ2n) is 6.45. The van der Waals surface area contributed by atoms with Crippen LogP contribution in [0.4, 0.5) is 0 Å². The first kappa shape index (κ1) is 15.9. The first-order chi connectivity index (χ1) is 11.2. The normalized spacial score (nSPS) is 15.3. The molecular weight excluding hydrogens is 284 g/mol. The van der Waals surface area contributed by atoms with Crippen molar-refractivity contribution in [3.8, 4) is 0 Å². The molecule has 0 atom stereocenters. The first-order valence-electron chi connectivity index (χ1n) is 8.68. The summed E-state index contributed by atoms with van der Waals surface area (Å²) in [6.45, 7) is 5.79. The predicted molar refractivity (Wildman–Crippen MR) is 96.2 cm³/mol. The van der Waals surface area contributed by atoms with Gasteiger partial charge in [0.1, 0.15) is 0 Å². The molecule has 0 saturated carbocycles. The van der Waals surface area contributed by atoms with Gasteiger partial charge >= 0.3 is 0 Å². The fourth-order valence-electron chi connectivity index (χ4n) is 3.61. The van der Waals surface area contributed by atoms with Crippen molar-refractivity contribution in [1.29, 1.82) is 0 Å². The Morgan fingerprint density at radius 1 is 1.22 bits per heavy atom. The molecule has 1 aliphatic rings. The number of aromatic nitrogens is 1. The monoisotopic (exact) mass is 310 g/mol. The number of aryl methyl sites for hydroxylation is 1. The largest absolute Gasteiger partial charge is 0.350 e. The molecule has 0 unspecified atom stereocenters. The van der Waals surface area contributed by atoms with Gasteiger partial charge in [-0.25, -0.2) is 0 Å². The summed E-state index contributed by atoms with van der Waals surface area (Å²) in [5.74, 6) is 0.505. The number of nitrogens with zero attached hydrogens (tertiary/aromatic N) is 2. The summed E-state index contributed by atoms with van der Waals surface area (Å²) >= 11 is 0. The molecule has 3 heteroatoms. The van der Waals surface area contributed by atoms with Crippen molar-refractivity contribution in [3.63, 3.8) is 0 Å². The van der Waals surface area contributed by atoms with Crippen LogP contribution in [0.2, 0.25) is 0 Å². The van der Waals surface area contributed by atoms with Gasteiger partial charge in [-0.15, -0.1) is 0 Å². The third-order valence-electron chi connectivity index (χ3n) is 5.10. The molecule has 0 radical (unpaired) electrons. The Morgan fingerprint density at radius 2 is 1.96 bits per heavy atom.